The Kier molecular flexibility index (Phi) is 4.49. The van der Waals surface area contributed by atoms with Crippen molar-refractivity contribution in [1.29, 1.82) is 0 Å². The van der Waals surface area contributed by atoms with Crippen LogP contribution in [0.5, 0.6) is 0 Å². The standard InChI is InChI=1S/C17H21ClN4O2/c1-17(2,3)24-16(23)22-10-8-21(9-11-22)15-14(18)19-12-6-4-5-7-13(12)20-15/h4-7H,8-11H2,1-3H3. The average Bonchev–Trinajstić information content (AvgIpc) is 2.53. The summed E-state index contributed by atoms with van der Waals surface area (Å²) in [5, 5.41) is 0.388. The third-order valence-electron chi connectivity index (χ3n) is 3.74. The average molecular weight is 349 g/mol. The van der Waals surface area contributed by atoms with Crippen LogP contribution in [0, 0.1) is 0 Å². The number of hydrogen-bond acceptors (Lipinski definition) is 5. The molecule has 0 radical (unpaired) electrons. The largest absolute Gasteiger partial charge is 0.444 e. The Hall–Kier alpha value is -2.08. The van der Waals surface area contributed by atoms with Gasteiger partial charge in [-0.2, -0.15) is 0 Å². The summed E-state index contributed by atoms with van der Waals surface area (Å²) in [6.45, 7) is 8.03. The number of nitrogens with zero attached hydrogens (tertiary/aromatic N) is 4. The second-order valence-electron chi connectivity index (χ2n) is 6.78. The molecule has 6 nitrogen and oxygen atoms in total. The summed E-state index contributed by atoms with van der Waals surface area (Å²) in [6.07, 6.45) is -0.280. The summed E-state index contributed by atoms with van der Waals surface area (Å²) in [5.74, 6) is 0.666. The molecule has 24 heavy (non-hydrogen) atoms. The first-order valence-electron chi connectivity index (χ1n) is 7.99. The summed E-state index contributed by atoms with van der Waals surface area (Å²) < 4.78 is 5.41. The van der Waals surface area contributed by atoms with Gasteiger partial charge in [0.1, 0.15) is 5.60 Å². The van der Waals surface area contributed by atoms with Gasteiger partial charge in [0.2, 0.25) is 0 Å². The Labute approximate surface area is 146 Å². The molecule has 0 aliphatic carbocycles. The van der Waals surface area contributed by atoms with E-state index < -0.39 is 5.60 Å². The highest BCUT2D eigenvalue weighted by Gasteiger charge is 2.27. The maximum atomic E-state index is 12.1. The van der Waals surface area contributed by atoms with E-state index in [0.29, 0.717) is 37.1 Å². The topological polar surface area (TPSA) is 58.6 Å². The highest BCUT2D eigenvalue weighted by atomic mass is 35.5. The smallest absolute Gasteiger partial charge is 0.410 e. The molecule has 1 fully saturated rings. The molecule has 0 bridgehead atoms. The molecule has 128 valence electrons. The van der Waals surface area contributed by atoms with Crippen LogP contribution >= 0.6 is 11.6 Å². The van der Waals surface area contributed by atoms with E-state index in [1.807, 2.05) is 45.0 Å². The number of ether oxygens (including phenoxy) is 1. The van der Waals surface area contributed by atoms with E-state index in [1.54, 1.807) is 4.90 Å². The number of fused-ring (bicyclic) bond motifs is 1. The predicted molar refractivity (Wildman–Crippen MR) is 94.6 cm³/mol. The van der Waals surface area contributed by atoms with Crippen molar-refractivity contribution in [2.75, 3.05) is 31.1 Å². The second-order valence-corrected chi connectivity index (χ2v) is 7.14. The molecule has 2 aromatic rings. The highest BCUT2D eigenvalue weighted by molar-refractivity contribution is 6.32. The van der Waals surface area contributed by atoms with E-state index in [2.05, 4.69) is 14.9 Å². The van der Waals surface area contributed by atoms with E-state index in [9.17, 15) is 4.79 Å². The normalized spacial score (nSPS) is 15.7. The van der Waals surface area contributed by atoms with Crippen LogP contribution in [0.2, 0.25) is 5.15 Å². The van der Waals surface area contributed by atoms with Crippen LogP contribution in [0.4, 0.5) is 10.6 Å². The van der Waals surface area contributed by atoms with Crippen molar-refractivity contribution < 1.29 is 9.53 Å². The number of piperazine rings is 1. The summed E-state index contributed by atoms with van der Waals surface area (Å²) >= 11 is 6.30. The van der Waals surface area contributed by atoms with E-state index in [0.717, 1.165) is 11.0 Å². The first-order valence-corrected chi connectivity index (χ1v) is 8.36. The summed E-state index contributed by atoms with van der Waals surface area (Å²) in [5.41, 5.74) is 1.10. The van der Waals surface area contributed by atoms with Crippen molar-refractivity contribution in [2.24, 2.45) is 0 Å². The Morgan fingerprint density at radius 2 is 1.67 bits per heavy atom. The molecule has 3 rings (SSSR count). The number of para-hydroxylation sites is 2. The lowest BCUT2D eigenvalue weighted by Crippen LogP contribution is -2.50. The SMILES string of the molecule is CC(C)(C)OC(=O)N1CCN(c2nc3ccccc3nc2Cl)CC1. The number of carbonyl (C=O) groups excluding carboxylic acids is 1. The molecular formula is C17H21ClN4O2. The van der Waals surface area contributed by atoms with Gasteiger partial charge in [0.15, 0.2) is 11.0 Å². The van der Waals surface area contributed by atoms with E-state index in [-0.39, 0.29) is 6.09 Å². The lowest BCUT2D eigenvalue weighted by atomic mass is 10.2. The molecule has 1 saturated heterocycles. The third-order valence-corrected chi connectivity index (χ3v) is 4.00. The first kappa shape index (κ1) is 16.8. The lowest BCUT2D eigenvalue weighted by molar-refractivity contribution is 0.0240. The minimum atomic E-state index is -0.485. The number of carbonyl (C=O) groups is 1. The van der Waals surface area contributed by atoms with Gasteiger partial charge < -0.3 is 14.5 Å². The minimum Gasteiger partial charge on any atom is -0.444 e. The van der Waals surface area contributed by atoms with Crippen LogP contribution in [-0.4, -0.2) is 52.7 Å². The summed E-state index contributed by atoms with van der Waals surface area (Å²) in [6, 6.07) is 7.64. The molecule has 0 saturated carbocycles. The van der Waals surface area contributed by atoms with Gasteiger partial charge in [-0.3, -0.25) is 0 Å². The van der Waals surface area contributed by atoms with Crippen LogP contribution in [0.3, 0.4) is 0 Å². The molecule has 7 heteroatoms. The van der Waals surface area contributed by atoms with Crippen molar-refractivity contribution in [2.45, 2.75) is 26.4 Å². The molecule has 1 amide bonds. The van der Waals surface area contributed by atoms with Crippen molar-refractivity contribution >= 4 is 34.5 Å². The molecular weight excluding hydrogens is 328 g/mol. The fraction of sp³-hybridized carbons (Fsp3) is 0.471. The van der Waals surface area contributed by atoms with E-state index in [4.69, 9.17) is 16.3 Å². The second kappa shape index (κ2) is 6.43. The minimum absolute atomic E-state index is 0.280. The number of aromatic nitrogens is 2. The zero-order valence-electron chi connectivity index (χ0n) is 14.1. The first-order chi connectivity index (χ1) is 11.3. The molecule has 1 aliphatic heterocycles. The van der Waals surface area contributed by atoms with Crippen molar-refractivity contribution in [3.8, 4) is 0 Å². The summed E-state index contributed by atoms with van der Waals surface area (Å²) in [7, 11) is 0. The zero-order valence-corrected chi connectivity index (χ0v) is 14.9. The molecule has 1 aliphatic rings. The van der Waals surface area contributed by atoms with Gasteiger partial charge in [-0.1, -0.05) is 23.7 Å². The van der Waals surface area contributed by atoms with Crippen molar-refractivity contribution in [3.63, 3.8) is 0 Å². The molecule has 1 aromatic heterocycles. The predicted octanol–water partition coefficient (Wildman–Crippen LogP) is 3.34. The molecule has 0 atom stereocenters. The van der Waals surface area contributed by atoms with Gasteiger partial charge >= 0.3 is 6.09 Å². The molecule has 1 aromatic carbocycles. The fourth-order valence-electron chi connectivity index (χ4n) is 2.60. The van der Waals surface area contributed by atoms with Gasteiger partial charge in [-0.05, 0) is 32.9 Å². The Morgan fingerprint density at radius 1 is 1.08 bits per heavy atom. The molecule has 0 N–H and O–H groups in total. The van der Waals surface area contributed by atoms with Gasteiger partial charge in [0, 0.05) is 26.2 Å². The Morgan fingerprint density at radius 3 is 2.25 bits per heavy atom. The molecule has 2 heterocycles. The van der Waals surface area contributed by atoms with Gasteiger partial charge in [0.25, 0.3) is 0 Å². The lowest BCUT2D eigenvalue weighted by Gasteiger charge is -2.36. The number of benzene rings is 1. The third kappa shape index (κ3) is 3.70. The highest BCUT2D eigenvalue weighted by Crippen LogP contribution is 2.25. The van der Waals surface area contributed by atoms with E-state index in [1.165, 1.54) is 0 Å². The van der Waals surface area contributed by atoms with Crippen molar-refractivity contribution in [3.05, 3.63) is 29.4 Å². The van der Waals surface area contributed by atoms with Crippen LogP contribution in [0.15, 0.2) is 24.3 Å². The Bertz CT molecular complexity index is 752. The van der Waals surface area contributed by atoms with Crippen LogP contribution in [-0.2, 0) is 4.74 Å². The van der Waals surface area contributed by atoms with Gasteiger partial charge in [-0.25, -0.2) is 14.8 Å². The number of rotatable bonds is 1. The Balaban J connectivity index is 1.71. The maximum Gasteiger partial charge on any atom is 0.410 e. The molecule has 0 unspecified atom stereocenters. The molecule has 0 spiro atoms. The van der Waals surface area contributed by atoms with E-state index >= 15 is 0 Å². The number of anilines is 1. The van der Waals surface area contributed by atoms with Crippen LogP contribution < -0.4 is 4.90 Å². The van der Waals surface area contributed by atoms with Crippen LogP contribution in [0.1, 0.15) is 20.8 Å². The number of hydrogen-bond donors (Lipinski definition) is 0. The van der Waals surface area contributed by atoms with Gasteiger partial charge in [0.05, 0.1) is 11.0 Å². The summed E-state index contributed by atoms with van der Waals surface area (Å²) in [4.78, 5) is 24.9. The zero-order chi connectivity index (χ0) is 17.3. The fourth-order valence-corrected chi connectivity index (χ4v) is 2.85. The monoisotopic (exact) mass is 348 g/mol. The number of halogens is 1. The van der Waals surface area contributed by atoms with Crippen LogP contribution in [0.25, 0.3) is 11.0 Å². The maximum absolute atomic E-state index is 12.1. The quantitative estimate of drug-likeness (QED) is 0.791. The van der Waals surface area contributed by atoms with Gasteiger partial charge in [-0.15, -0.1) is 0 Å². The van der Waals surface area contributed by atoms with Crippen molar-refractivity contribution in [1.82, 2.24) is 14.9 Å². The number of amides is 1.